The smallest absolute Gasteiger partial charge is 0.228 e. The fourth-order valence-corrected chi connectivity index (χ4v) is 0. The van der Waals surface area contributed by atoms with Gasteiger partial charge in [0.2, 0.25) is 5.63 Å². The molecule has 0 aliphatic rings. The first-order chi connectivity index (χ1) is 2.27. The zero-order valence-corrected chi connectivity index (χ0v) is 3.07. The molecule has 0 aliphatic heterocycles. The highest BCUT2D eigenvalue weighted by molar-refractivity contribution is 6.26. The zero-order valence-electron chi connectivity index (χ0n) is 2.32. The van der Waals surface area contributed by atoms with Gasteiger partial charge in [-0.15, -0.1) is 0 Å². The average molecular weight is 96.5 g/mol. The second-order valence-electron chi connectivity index (χ2n) is 0.471. The van der Waals surface area contributed by atoms with Crippen LogP contribution in [0.5, 0.6) is 0 Å². The number of rotatable bonds is 1. The van der Waals surface area contributed by atoms with E-state index in [0.717, 1.165) is 0 Å². The van der Waals surface area contributed by atoms with Crippen molar-refractivity contribution in [1.29, 1.82) is 0 Å². The zero-order chi connectivity index (χ0) is 4.28. The van der Waals surface area contributed by atoms with Crippen molar-refractivity contribution in [2.75, 3.05) is 0 Å². The quantitative estimate of drug-likeness (QED) is 0.347. The van der Waals surface area contributed by atoms with Crippen LogP contribution in [-0.2, 0) is 4.79 Å². The van der Waals surface area contributed by atoms with E-state index in [2.05, 4.69) is 11.6 Å². The Morgan fingerprint density at radius 2 is 2.20 bits per heavy atom. The molecule has 0 unspecified atom stereocenters. The van der Waals surface area contributed by atoms with E-state index in [-0.39, 0.29) is 6.29 Å². The molecule has 0 amide bonds. The van der Waals surface area contributed by atoms with Crippen LogP contribution in [0.15, 0.2) is 0 Å². The monoisotopic (exact) mass is 96.0 g/mol. The molecule has 0 aliphatic carbocycles. The summed E-state index contributed by atoms with van der Waals surface area (Å²) >= 11 is 4.43. The molecule has 0 fully saturated rings. The van der Waals surface area contributed by atoms with E-state index in [1.165, 1.54) is 0 Å². The van der Waals surface area contributed by atoms with Crippen molar-refractivity contribution in [3.05, 3.63) is 0 Å². The number of carbonyl (C=O) groups is 1. The van der Waals surface area contributed by atoms with Crippen LogP contribution in [0.3, 0.4) is 0 Å². The van der Waals surface area contributed by atoms with Crippen LogP contribution in [0.25, 0.3) is 0 Å². The summed E-state index contributed by atoms with van der Waals surface area (Å²) in [5, 5.41) is 0. The first kappa shape index (κ1) is 4.89. The number of hydrogen-bond acceptors (Lipinski definition) is 1. The highest BCUT2D eigenvalue weighted by Crippen LogP contribution is 1.87. The number of hydrogen-bond donors (Lipinski definition) is 0. The van der Waals surface area contributed by atoms with Crippen LogP contribution in [0.1, 0.15) is 0 Å². The molecule has 0 bridgehead atoms. The first-order valence-electron chi connectivity index (χ1n) is 1.01. The summed E-state index contributed by atoms with van der Waals surface area (Å²) in [5.74, 6) is 0. The van der Waals surface area contributed by atoms with Crippen LogP contribution in [0.2, 0.25) is 0 Å². The van der Waals surface area contributed by atoms with Gasteiger partial charge in [0.05, 0.1) is 0 Å². The van der Waals surface area contributed by atoms with E-state index in [4.69, 9.17) is 4.79 Å². The molecular weight excluding hydrogens is 94.5 g/mol. The minimum atomic E-state index is -1.82. The molecule has 0 aromatic carbocycles. The Bertz CT molecular complexity index is 36.6. The number of halogens is 2. The second kappa shape index (κ2) is 2.15. The molecule has 30 valence electrons. The summed E-state index contributed by atoms with van der Waals surface area (Å²) in [4.78, 5) is 9.00. The van der Waals surface area contributed by atoms with Crippen LogP contribution in [-0.4, -0.2) is 11.9 Å². The summed E-state index contributed by atoms with van der Waals surface area (Å²) in [5.41, 5.74) is -1.82. The number of carbonyl (C=O) groups excluding carboxylic acids is 1. The summed E-state index contributed by atoms with van der Waals surface area (Å²) in [6.07, 6.45) is 0.0154. The lowest BCUT2D eigenvalue weighted by Crippen LogP contribution is -1.84. The lowest BCUT2D eigenvalue weighted by atomic mass is 10.9. The molecule has 0 heterocycles. The molecular formula is C2H2ClFO. The Balaban J connectivity index is 2.83. The number of aldehydes is 1. The predicted molar refractivity (Wildman–Crippen MR) is 16.8 cm³/mol. The Hall–Kier alpha value is -0.110. The Kier molecular flexibility index (Phi) is 2.10. The topological polar surface area (TPSA) is 17.1 Å². The molecule has 3 heteroatoms. The highest BCUT2D eigenvalue weighted by atomic mass is 35.5. The first-order valence-corrected chi connectivity index (χ1v) is 1.44. The highest BCUT2D eigenvalue weighted by Gasteiger charge is 1.89. The van der Waals surface area contributed by atoms with Crippen molar-refractivity contribution in [3.63, 3.8) is 0 Å². The maximum atomic E-state index is 10.8. The third-order valence-electron chi connectivity index (χ3n) is 0.103. The minimum Gasteiger partial charge on any atom is -0.299 e. The van der Waals surface area contributed by atoms with E-state index >= 15 is 0 Å². The van der Waals surface area contributed by atoms with Gasteiger partial charge in [0.15, 0.2) is 6.29 Å². The normalized spacial score (nSPS) is 14.0. The predicted octanol–water partition coefficient (Wildman–Crippen LogP) is 0.720. The molecule has 1 nitrogen and oxygen atoms in total. The van der Waals surface area contributed by atoms with Gasteiger partial charge >= 0.3 is 0 Å². The van der Waals surface area contributed by atoms with Gasteiger partial charge < -0.3 is 0 Å². The average Bonchev–Trinajstić information content (AvgIpc) is 1.38. The van der Waals surface area contributed by atoms with Gasteiger partial charge in [0, 0.05) is 0 Å². The molecule has 0 spiro atoms. The largest absolute Gasteiger partial charge is 0.299 e. The van der Waals surface area contributed by atoms with Crippen LogP contribution < -0.4 is 0 Å². The molecule has 0 aromatic rings. The maximum Gasteiger partial charge on any atom is 0.228 e. The summed E-state index contributed by atoms with van der Waals surface area (Å²) in [7, 11) is 0. The fraction of sp³-hybridized carbons (Fsp3) is 0.500. The van der Waals surface area contributed by atoms with Crippen LogP contribution >= 0.6 is 11.6 Å². The molecule has 1 atom stereocenters. The van der Waals surface area contributed by atoms with Gasteiger partial charge in [0.25, 0.3) is 0 Å². The molecule has 0 rings (SSSR count). The Labute approximate surface area is 33.7 Å². The Morgan fingerprint density at radius 1 is 2.00 bits per heavy atom. The Morgan fingerprint density at radius 3 is 2.20 bits per heavy atom. The maximum absolute atomic E-state index is 10.8. The molecule has 0 saturated carbocycles. The minimum absolute atomic E-state index is 0.0154. The van der Waals surface area contributed by atoms with E-state index in [9.17, 15) is 4.39 Å². The second-order valence-corrected chi connectivity index (χ2v) is 0.887. The van der Waals surface area contributed by atoms with Crippen molar-refractivity contribution >= 4 is 17.9 Å². The lowest BCUT2D eigenvalue weighted by molar-refractivity contribution is -0.109. The van der Waals surface area contributed by atoms with E-state index in [0.29, 0.717) is 0 Å². The van der Waals surface area contributed by atoms with Gasteiger partial charge in [-0.25, -0.2) is 4.39 Å². The van der Waals surface area contributed by atoms with Gasteiger partial charge in [-0.05, 0) is 0 Å². The molecule has 0 saturated heterocycles. The molecule has 5 heavy (non-hydrogen) atoms. The number of alkyl halides is 2. The lowest BCUT2D eigenvalue weighted by Gasteiger charge is -1.71. The standard InChI is InChI=1S/C2H2ClFO/c3-2(4)1-5/h1-2H/t2-/m0/s1. The van der Waals surface area contributed by atoms with E-state index < -0.39 is 5.63 Å². The third-order valence-corrected chi connectivity index (χ3v) is 0.206. The molecule has 0 radical (unpaired) electrons. The van der Waals surface area contributed by atoms with Gasteiger partial charge in [-0.3, -0.25) is 4.79 Å². The summed E-state index contributed by atoms with van der Waals surface area (Å²) < 4.78 is 10.8. The van der Waals surface area contributed by atoms with Crippen molar-refractivity contribution in [3.8, 4) is 0 Å². The summed E-state index contributed by atoms with van der Waals surface area (Å²) in [6.45, 7) is 0. The van der Waals surface area contributed by atoms with Crippen LogP contribution in [0.4, 0.5) is 4.39 Å². The summed E-state index contributed by atoms with van der Waals surface area (Å²) in [6, 6.07) is 0. The van der Waals surface area contributed by atoms with Crippen molar-refractivity contribution in [2.24, 2.45) is 0 Å². The van der Waals surface area contributed by atoms with Gasteiger partial charge in [-0.2, -0.15) is 0 Å². The third kappa shape index (κ3) is 3.89. The van der Waals surface area contributed by atoms with E-state index in [1.807, 2.05) is 0 Å². The fourth-order valence-electron chi connectivity index (χ4n) is 0. The van der Waals surface area contributed by atoms with Crippen molar-refractivity contribution in [1.82, 2.24) is 0 Å². The molecule has 0 aromatic heterocycles. The van der Waals surface area contributed by atoms with E-state index in [1.54, 1.807) is 0 Å². The van der Waals surface area contributed by atoms with Crippen molar-refractivity contribution < 1.29 is 9.18 Å². The van der Waals surface area contributed by atoms with Gasteiger partial charge in [-0.1, -0.05) is 11.6 Å². The SMILES string of the molecule is O=C[C@H](F)Cl. The molecule has 0 N–H and O–H groups in total. The van der Waals surface area contributed by atoms with Gasteiger partial charge in [0.1, 0.15) is 0 Å². The van der Waals surface area contributed by atoms with Crippen molar-refractivity contribution in [2.45, 2.75) is 5.63 Å². The van der Waals surface area contributed by atoms with Crippen LogP contribution in [0, 0.1) is 0 Å².